The number of hydrogen-bond donors (Lipinski definition) is 3. The van der Waals surface area contributed by atoms with E-state index in [1.54, 1.807) is 29.8 Å². The molecule has 0 saturated heterocycles. The highest BCUT2D eigenvalue weighted by Crippen LogP contribution is 2.20. The Balaban J connectivity index is 1.91. The minimum atomic E-state index is -0.391. The van der Waals surface area contributed by atoms with Crippen molar-refractivity contribution in [2.75, 3.05) is 0 Å². The molecule has 7 heteroatoms. The molecule has 3 N–H and O–H groups in total. The van der Waals surface area contributed by atoms with Gasteiger partial charge in [-0.15, -0.1) is 11.3 Å². The monoisotopic (exact) mass is 313 g/mol. The second-order valence-corrected chi connectivity index (χ2v) is 5.42. The molecule has 0 spiro atoms. The Kier molecular flexibility index (Phi) is 3.60. The summed E-state index contributed by atoms with van der Waals surface area (Å²) in [5.74, 6) is -0.746. The van der Waals surface area contributed by atoms with Gasteiger partial charge in [0.15, 0.2) is 0 Å². The van der Waals surface area contributed by atoms with Crippen LogP contribution in [0.5, 0.6) is 0 Å². The van der Waals surface area contributed by atoms with Crippen LogP contribution < -0.4 is 10.9 Å². The van der Waals surface area contributed by atoms with Gasteiger partial charge in [0.25, 0.3) is 11.8 Å². The van der Waals surface area contributed by atoms with Gasteiger partial charge in [-0.1, -0.05) is 0 Å². The van der Waals surface area contributed by atoms with Gasteiger partial charge in [0.2, 0.25) is 0 Å². The molecule has 2 amide bonds. The molecule has 0 aliphatic heterocycles. The summed E-state index contributed by atoms with van der Waals surface area (Å²) < 4.78 is 0.860. The van der Waals surface area contributed by atoms with E-state index in [1.165, 1.54) is 11.3 Å². The minimum Gasteiger partial charge on any atom is -0.357 e. The summed E-state index contributed by atoms with van der Waals surface area (Å²) in [6, 6.07) is 5.00. The number of aromatic amines is 1. The molecule has 5 nitrogen and oxygen atoms in total. The number of amides is 2. The van der Waals surface area contributed by atoms with Crippen LogP contribution in [0.4, 0.5) is 0 Å². The van der Waals surface area contributed by atoms with Crippen LogP contribution >= 0.6 is 27.3 Å². The van der Waals surface area contributed by atoms with Crippen molar-refractivity contribution in [2.45, 2.75) is 0 Å². The van der Waals surface area contributed by atoms with Crippen molar-refractivity contribution in [3.63, 3.8) is 0 Å². The third kappa shape index (κ3) is 2.95. The molecule has 0 bridgehead atoms. The maximum absolute atomic E-state index is 11.6. The molecule has 0 atom stereocenters. The van der Waals surface area contributed by atoms with Gasteiger partial charge >= 0.3 is 0 Å². The van der Waals surface area contributed by atoms with E-state index in [1.807, 2.05) is 0 Å². The second kappa shape index (κ2) is 5.15. The van der Waals surface area contributed by atoms with Crippen molar-refractivity contribution < 1.29 is 9.59 Å². The Morgan fingerprint density at radius 3 is 2.65 bits per heavy atom. The number of aromatic nitrogens is 1. The SMILES string of the molecule is O=C(NNC(=O)c1ccc[nH]1)c1csc(Br)c1. The molecule has 2 rings (SSSR count). The lowest BCUT2D eigenvalue weighted by atomic mass is 10.3. The van der Waals surface area contributed by atoms with Crippen molar-refractivity contribution in [3.05, 3.63) is 44.8 Å². The average Bonchev–Trinajstić information content (AvgIpc) is 2.95. The molecule has 2 heterocycles. The van der Waals surface area contributed by atoms with Gasteiger partial charge < -0.3 is 4.98 Å². The number of hydrogen-bond acceptors (Lipinski definition) is 3. The highest BCUT2D eigenvalue weighted by Gasteiger charge is 2.10. The lowest BCUT2D eigenvalue weighted by Gasteiger charge is -2.04. The largest absolute Gasteiger partial charge is 0.357 e. The van der Waals surface area contributed by atoms with Gasteiger partial charge in [-0.3, -0.25) is 20.4 Å². The first kappa shape index (κ1) is 11.9. The molecule has 0 fully saturated rings. The molecule has 0 aromatic carbocycles. The summed E-state index contributed by atoms with van der Waals surface area (Å²) in [7, 11) is 0. The first-order valence-corrected chi connectivity index (χ1v) is 6.32. The zero-order valence-electron chi connectivity index (χ0n) is 8.49. The van der Waals surface area contributed by atoms with Crippen molar-refractivity contribution in [3.8, 4) is 0 Å². The fourth-order valence-electron chi connectivity index (χ4n) is 1.15. The Morgan fingerprint density at radius 1 is 1.29 bits per heavy atom. The Labute approximate surface area is 109 Å². The fourth-order valence-corrected chi connectivity index (χ4v) is 2.29. The topological polar surface area (TPSA) is 74.0 Å². The molecule has 0 unspecified atom stereocenters. The molecule has 2 aromatic rings. The van der Waals surface area contributed by atoms with E-state index >= 15 is 0 Å². The van der Waals surface area contributed by atoms with Crippen LogP contribution in [-0.2, 0) is 0 Å². The number of thiophene rings is 1. The van der Waals surface area contributed by atoms with Crippen LogP contribution in [0.25, 0.3) is 0 Å². The summed E-state index contributed by atoms with van der Waals surface area (Å²) in [4.78, 5) is 25.8. The number of rotatable bonds is 2. The molecular formula is C10H8BrN3O2S. The van der Waals surface area contributed by atoms with Crippen LogP contribution in [0.3, 0.4) is 0 Å². The first-order chi connectivity index (χ1) is 8.16. The van der Waals surface area contributed by atoms with Gasteiger partial charge in [-0.05, 0) is 34.1 Å². The summed E-state index contributed by atoms with van der Waals surface area (Å²) in [5.41, 5.74) is 5.52. The van der Waals surface area contributed by atoms with Gasteiger partial charge in [0, 0.05) is 11.6 Å². The van der Waals surface area contributed by atoms with Gasteiger partial charge in [-0.2, -0.15) is 0 Å². The zero-order valence-corrected chi connectivity index (χ0v) is 10.9. The van der Waals surface area contributed by atoms with E-state index in [0.29, 0.717) is 11.3 Å². The van der Waals surface area contributed by atoms with Gasteiger partial charge in [0.05, 0.1) is 9.35 Å². The van der Waals surface area contributed by atoms with Crippen LogP contribution in [0, 0.1) is 0 Å². The predicted octanol–water partition coefficient (Wildman–Crippen LogP) is 1.91. The first-order valence-electron chi connectivity index (χ1n) is 4.65. The molecule has 88 valence electrons. The lowest BCUT2D eigenvalue weighted by molar-refractivity contribution is 0.0844. The molecule has 17 heavy (non-hydrogen) atoms. The third-order valence-electron chi connectivity index (χ3n) is 1.96. The van der Waals surface area contributed by atoms with Crippen molar-refractivity contribution >= 4 is 39.1 Å². The maximum atomic E-state index is 11.6. The number of carbonyl (C=O) groups excluding carboxylic acids is 2. The highest BCUT2D eigenvalue weighted by molar-refractivity contribution is 9.11. The third-order valence-corrected chi connectivity index (χ3v) is 3.47. The van der Waals surface area contributed by atoms with E-state index in [0.717, 1.165) is 3.79 Å². The van der Waals surface area contributed by atoms with E-state index in [9.17, 15) is 9.59 Å². The van der Waals surface area contributed by atoms with Crippen molar-refractivity contribution in [1.29, 1.82) is 0 Å². The van der Waals surface area contributed by atoms with Crippen LogP contribution in [0.2, 0.25) is 0 Å². The summed E-state index contributed by atoms with van der Waals surface area (Å²) in [6.07, 6.45) is 1.63. The summed E-state index contributed by atoms with van der Waals surface area (Å²) in [5, 5.41) is 1.69. The van der Waals surface area contributed by atoms with E-state index in [2.05, 4.69) is 31.8 Å². The molecule has 2 aromatic heterocycles. The summed E-state index contributed by atoms with van der Waals surface area (Å²) in [6.45, 7) is 0. The maximum Gasteiger partial charge on any atom is 0.286 e. The zero-order chi connectivity index (χ0) is 12.3. The molecular weight excluding hydrogens is 306 g/mol. The average molecular weight is 314 g/mol. The predicted molar refractivity (Wildman–Crippen MR) is 67.7 cm³/mol. The van der Waals surface area contributed by atoms with Crippen molar-refractivity contribution in [2.24, 2.45) is 0 Å². The smallest absolute Gasteiger partial charge is 0.286 e. The highest BCUT2D eigenvalue weighted by atomic mass is 79.9. The van der Waals surface area contributed by atoms with E-state index in [-0.39, 0.29) is 5.91 Å². The Bertz CT molecular complexity index is 536. The fraction of sp³-hybridized carbons (Fsp3) is 0. The molecule has 0 radical (unpaired) electrons. The number of hydrazine groups is 1. The quantitative estimate of drug-likeness (QED) is 0.741. The van der Waals surface area contributed by atoms with Crippen molar-refractivity contribution in [1.82, 2.24) is 15.8 Å². The van der Waals surface area contributed by atoms with E-state index < -0.39 is 5.91 Å². The Morgan fingerprint density at radius 2 is 2.06 bits per heavy atom. The normalized spacial score (nSPS) is 9.94. The van der Waals surface area contributed by atoms with Gasteiger partial charge in [-0.25, -0.2) is 0 Å². The lowest BCUT2D eigenvalue weighted by Crippen LogP contribution is -2.41. The molecule has 0 aliphatic carbocycles. The van der Waals surface area contributed by atoms with Crippen LogP contribution in [0.1, 0.15) is 20.8 Å². The summed E-state index contributed by atoms with van der Waals surface area (Å²) >= 11 is 4.66. The standard InChI is InChI=1S/C10H8BrN3O2S/c11-8-4-6(5-17-8)9(15)13-14-10(16)7-2-1-3-12-7/h1-5,12H,(H,13,15)(H,14,16). The molecule has 0 aliphatic rings. The number of halogens is 1. The Hall–Kier alpha value is -1.60. The number of nitrogens with one attached hydrogen (secondary N) is 3. The van der Waals surface area contributed by atoms with Crippen LogP contribution in [0.15, 0.2) is 33.6 Å². The van der Waals surface area contributed by atoms with E-state index in [4.69, 9.17) is 0 Å². The number of carbonyl (C=O) groups is 2. The number of H-pyrrole nitrogens is 1. The second-order valence-electron chi connectivity index (χ2n) is 3.13. The minimum absolute atomic E-state index is 0.355. The molecule has 0 saturated carbocycles. The van der Waals surface area contributed by atoms with Crippen LogP contribution in [-0.4, -0.2) is 16.8 Å². The van der Waals surface area contributed by atoms with Gasteiger partial charge in [0.1, 0.15) is 5.69 Å².